The van der Waals surface area contributed by atoms with Gasteiger partial charge in [-0.15, -0.1) is 0 Å². The largest absolute Gasteiger partial charge is 0.497 e. The van der Waals surface area contributed by atoms with Crippen molar-refractivity contribution in [3.05, 3.63) is 77.9 Å². The van der Waals surface area contributed by atoms with Gasteiger partial charge in [-0.3, -0.25) is 4.79 Å². The van der Waals surface area contributed by atoms with Crippen LogP contribution in [-0.2, 0) is 6.42 Å². The van der Waals surface area contributed by atoms with Crippen molar-refractivity contribution in [1.82, 2.24) is 10.3 Å². The Morgan fingerprint density at radius 1 is 1.14 bits per heavy atom. The number of carbonyl (C=O) groups excluding carboxylic acids is 1. The first-order valence-corrected chi connectivity index (χ1v) is 8.92. The van der Waals surface area contributed by atoms with Gasteiger partial charge in [-0.05, 0) is 60.5 Å². The van der Waals surface area contributed by atoms with Gasteiger partial charge in [-0.1, -0.05) is 0 Å². The number of hydrogen-bond acceptors (Lipinski definition) is 3. The quantitative estimate of drug-likeness (QED) is 0.517. The van der Waals surface area contributed by atoms with E-state index in [-0.39, 0.29) is 17.5 Å². The van der Waals surface area contributed by atoms with Crippen molar-refractivity contribution in [2.75, 3.05) is 13.7 Å². The van der Waals surface area contributed by atoms with E-state index in [4.69, 9.17) is 9.15 Å². The third-order valence-electron chi connectivity index (χ3n) is 4.61. The summed E-state index contributed by atoms with van der Waals surface area (Å²) in [6.07, 6.45) is 2.62. The maximum absolute atomic E-state index is 13.0. The number of methoxy groups -OCH3 is 1. The highest BCUT2D eigenvalue weighted by Gasteiger charge is 2.12. The summed E-state index contributed by atoms with van der Waals surface area (Å²) in [4.78, 5) is 15.6. The van der Waals surface area contributed by atoms with E-state index in [0.29, 0.717) is 18.7 Å². The van der Waals surface area contributed by atoms with Crippen LogP contribution in [-0.4, -0.2) is 24.5 Å². The second-order valence-electron chi connectivity index (χ2n) is 6.40. The zero-order chi connectivity index (χ0) is 19.5. The molecule has 1 amide bonds. The number of nitrogens with one attached hydrogen (secondary N) is 2. The molecule has 0 radical (unpaired) electrons. The topological polar surface area (TPSA) is 67.3 Å². The van der Waals surface area contributed by atoms with Crippen LogP contribution < -0.4 is 10.1 Å². The number of aromatic nitrogens is 1. The summed E-state index contributed by atoms with van der Waals surface area (Å²) in [6, 6.07) is 15.1. The zero-order valence-electron chi connectivity index (χ0n) is 15.3. The molecule has 0 saturated heterocycles. The number of halogens is 1. The smallest absolute Gasteiger partial charge is 0.287 e. The molecule has 0 aliphatic carbocycles. The minimum Gasteiger partial charge on any atom is -0.497 e. The molecule has 6 heteroatoms. The highest BCUT2D eigenvalue weighted by molar-refractivity contribution is 5.92. The number of fused-ring (bicyclic) bond motifs is 1. The zero-order valence-corrected chi connectivity index (χ0v) is 15.3. The fraction of sp³-hybridized carbons (Fsp3) is 0.136. The van der Waals surface area contributed by atoms with Gasteiger partial charge in [-0.25, -0.2) is 4.39 Å². The first-order valence-electron chi connectivity index (χ1n) is 8.92. The summed E-state index contributed by atoms with van der Waals surface area (Å²) in [5.41, 5.74) is 2.83. The second-order valence-corrected chi connectivity index (χ2v) is 6.40. The second kappa shape index (κ2) is 7.60. The maximum atomic E-state index is 13.0. The number of H-pyrrole nitrogens is 1. The van der Waals surface area contributed by atoms with Crippen LogP contribution in [0.2, 0.25) is 0 Å². The molecule has 142 valence electrons. The van der Waals surface area contributed by atoms with E-state index in [0.717, 1.165) is 27.8 Å². The molecule has 2 heterocycles. The summed E-state index contributed by atoms with van der Waals surface area (Å²) in [7, 11) is 1.64. The predicted octanol–water partition coefficient (Wildman–Crippen LogP) is 4.55. The van der Waals surface area contributed by atoms with Gasteiger partial charge in [0.2, 0.25) is 0 Å². The lowest BCUT2D eigenvalue weighted by molar-refractivity contribution is 0.0927. The van der Waals surface area contributed by atoms with E-state index in [9.17, 15) is 9.18 Å². The average molecular weight is 378 g/mol. The Bertz CT molecular complexity index is 1110. The van der Waals surface area contributed by atoms with Crippen LogP contribution >= 0.6 is 0 Å². The molecule has 4 aromatic rings. The lowest BCUT2D eigenvalue weighted by Crippen LogP contribution is -2.25. The van der Waals surface area contributed by atoms with Crippen molar-refractivity contribution in [2.24, 2.45) is 0 Å². The first-order chi connectivity index (χ1) is 13.6. The van der Waals surface area contributed by atoms with Crippen LogP contribution in [0, 0.1) is 5.82 Å². The van der Waals surface area contributed by atoms with Crippen molar-refractivity contribution >= 4 is 16.8 Å². The van der Waals surface area contributed by atoms with Crippen molar-refractivity contribution < 1.29 is 18.3 Å². The fourth-order valence-electron chi connectivity index (χ4n) is 3.13. The lowest BCUT2D eigenvalue weighted by Gasteiger charge is -2.04. The molecule has 0 saturated carbocycles. The monoisotopic (exact) mass is 378 g/mol. The van der Waals surface area contributed by atoms with Crippen LogP contribution in [0.15, 0.2) is 65.2 Å². The SMILES string of the molecule is COc1ccc2c(CCNC(=O)c3ccc(-c4ccc(F)cc4)o3)c[nH]c2c1. The van der Waals surface area contributed by atoms with Gasteiger partial charge in [-0.2, -0.15) is 0 Å². The number of ether oxygens (including phenoxy) is 1. The fourth-order valence-corrected chi connectivity index (χ4v) is 3.13. The maximum Gasteiger partial charge on any atom is 0.287 e. The highest BCUT2D eigenvalue weighted by Crippen LogP contribution is 2.24. The molecule has 0 spiro atoms. The molecule has 2 N–H and O–H groups in total. The molecule has 28 heavy (non-hydrogen) atoms. The van der Waals surface area contributed by atoms with Gasteiger partial charge >= 0.3 is 0 Å². The molecule has 5 nitrogen and oxygen atoms in total. The average Bonchev–Trinajstić information content (AvgIpc) is 3.36. The van der Waals surface area contributed by atoms with Gasteiger partial charge in [0.1, 0.15) is 17.3 Å². The third-order valence-corrected chi connectivity index (χ3v) is 4.61. The summed E-state index contributed by atoms with van der Waals surface area (Å²) in [5, 5.41) is 3.97. The Labute approximate surface area is 161 Å². The van der Waals surface area contributed by atoms with Crippen molar-refractivity contribution in [3.63, 3.8) is 0 Å². The Morgan fingerprint density at radius 2 is 1.96 bits per heavy atom. The van der Waals surface area contributed by atoms with Crippen LogP contribution in [0.4, 0.5) is 4.39 Å². The molecule has 0 unspecified atom stereocenters. The molecule has 0 aliphatic heterocycles. The van der Waals surface area contributed by atoms with Crippen molar-refractivity contribution in [2.45, 2.75) is 6.42 Å². The number of hydrogen-bond donors (Lipinski definition) is 2. The van der Waals surface area contributed by atoms with Crippen molar-refractivity contribution in [1.29, 1.82) is 0 Å². The van der Waals surface area contributed by atoms with E-state index >= 15 is 0 Å². The highest BCUT2D eigenvalue weighted by atomic mass is 19.1. The molecule has 0 atom stereocenters. The number of amides is 1. The summed E-state index contributed by atoms with van der Waals surface area (Å²) >= 11 is 0. The van der Waals surface area contributed by atoms with Crippen molar-refractivity contribution in [3.8, 4) is 17.1 Å². The molecule has 0 fully saturated rings. The minimum absolute atomic E-state index is 0.225. The van der Waals surface area contributed by atoms with Crippen LogP contribution in [0.25, 0.3) is 22.2 Å². The molecule has 2 aromatic carbocycles. The number of aromatic amines is 1. The van der Waals surface area contributed by atoms with E-state index in [1.54, 1.807) is 31.4 Å². The first kappa shape index (κ1) is 17.9. The van der Waals surface area contributed by atoms with E-state index < -0.39 is 0 Å². The van der Waals surface area contributed by atoms with E-state index in [2.05, 4.69) is 10.3 Å². The van der Waals surface area contributed by atoms with Gasteiger partial charge in [0, 0.05) is 35.3 Å². The Hall–Kier alpha value is -3.54. The third kappa shape index (κ3) is 3.62. The normalized spacial score (nSPS) is 10.9. The molecule has 0 aliphatic rings. The summed E-state index contributed by atoms with van der Waals surface area (Å²) in [5.74, 6) is 0.946. The van der Waals surface area contributed by atoms with Crippen LogP contribution in [0.5, 0.6) is 5.75 Å². The van der Waals surface area contributed by atoms with Gasteiger partial charge in [0.15, 0.2) is 5.76 Å². The van der Waals surface area contributed by atoms with Crippen LogP contribution in [0.1, 0.15) is 16.1 Å². The number of benzene rings is 2. The number of furan rings is 1. The molecular weight excluding hydrogens is 359 g/mol. The van der Waals surface area contributed by atoms with Crippen LogP contribution in [0.3, 0.4) is 0 Å². The summed E-state index contributed by atoms with van der Waals surface area (Å²) < 4.78 is 23.9. The number of carbonyl (C=O) groups is 1. The Morgan fingerprint density at radius 3 is 2.75 bits per heavy atom. The van der Waals surface area contributed by atoms with Gasteiger partial charge in [0.25, 0.3) is 5.91 Å². The lowest BCUT2D eigenvalue weighted by atomic mass is 10.1. The predicted molar refractivity (Wildman–Crippen MR) is 105 cm³/mol. The Balaban J connectivity index is 1.38. The molecule has 4 rings (SSSR count). The molecular formula is C22H19FN2O3. The Kier molecular flexibility index (Phi) is 4.85. The van der Waals surface area contributed by atoms with Gasteiger partial charge in [0.05, 0.1) is 7.11 Å². The number of rotatable bonds is 6. The minimum atomic E-state index is -0.316. The molecule has 0 bridgehead atoms. The van der Waals surface area contributed by atoms with Gasteiger partial charge < -0.3 is 19.5 Å². The summed E-state index contributed by atoms with van der Waals surface area (Å²) in [6.45, 7) is 0.477. The molecule has 2 aromatic heterocycles. The standard InChI is InChI=1S/C22H19FN2O3/c1-27-17-6-7-18-15(13-25-19(18)12-17)10-11-24-22(26)21-9-8-20(28-21)14-2-4-16(23)5-3-14/h2-9,12-13,25H,10-11H2,1H3,(H,24,26). The van der Waals surface area contributed by atoms with E-state index in [1.165, 1.54) is 12.1 Å². The van der Waals surface area contributed by atoms with E-state index in [1.807, 2.05) is 24.4 Å².